The van der Waals surface area contributed by atoms with Crippen LogP contribution in [0.15, 0.2) is 0 Å². The first-order valence-electron chi connectivity index (χ1n) is 6.64. The van der Waals surface area contributed by atoms with Crippen LogP contribution in [0.3, 0.4) is 0 Å². The van der Waals surface area contributed by atoms with Gasteiger partial charge in [-0.25, -0.2) is 0 Å². The van der Waals surface area contributed by atoms with Crippen LogP contribution >= 0.6 is 0 Å². The van der Waals surface area contributed by atoms with Crippen LogP contribution in [0.2, 0.25) is 0 Å². The number of hydrogen-bond donors (Lipinski definition) is 1. The van der Waals surface area contributed by atoms with Crippen LogP contribution in [0.25, 0.3) is 0 Å². The molecule has 2 aliphatic rings. The summed E-state index contributed by atoms with van der Waals surface area (Å²) in [7, 11) is 0. The summed E-state index contributed by atoms with van der Waals surface area (Å²) in [5, 5.41) is 11.6. The number of esters is 1. The molecule has 2 rings (SSSR count). The van der Waals surface area contributed by atoms with Gasteiger partial charge in [-0.15, -0.1) is 0 Å². The number of piperidine rings is 1. The summed E-state index contributed by atoms with van der Waals surface area (Å²) in [6.45, 7) is 7.82. The third-order valence-electron chi connectivity index (χ3n) is 3.77. The maximum absolute atomic E-state index is 12.0. The van der Waals surface area contributed by atoms with Gasteiger partial charge in [-0.3, -0.25) is 4.79 Å². The van der Waals surface area contributed by atoms with Crippen molar-refractivity contribution in [2.45, 2.75) is 57.7 Å². The van der Waals surface area contributed by atoms with Crippen molar-refractivity contribution in [2.75, 3.05) is 0 Å². The Morgan fingerprint density at radius 3 is 2.16 bits per heavy atom. The Bertz CT molecular complexity index is 327. The van der Waals surface area contributed by atoms with Crippen molar-refractivity contribution >= 4 is 5.97 Å². The summed E-state index contributed by atoms with van der Waals surface area (Å²) in [5.41, 5.74) is -0.808. The molecule has 2 fully saturated rings. The Morgan fingerprint density at radius 1 is 1.21 bits per heavy atom. The van der Waals surface area contributed by atoms with Crippen LogP contribution in [-0.2, 0) is 9.53 Å². The van der Waals surface area contributed by atoms with Gasteiger partial charge in [-0.1, -0.05) is 0 Å². The zero-order chi connectivity index (χ0) is 14.3. The first-order valence-corrected chi connectivity index (χ1v) is 6.64. The lowest BCUT2D eigenvalue weighted by molar-refractivity contribution is -0.259. The Kier molecular flexibility index (Phi) is 3.94. The highest BCUT2D eigenvalue weighted by molar-refractivity contribution is 5.91. The highest BCUT2D eigenvalue weighted by Gasteiger charge is 2.46. The Balaban J connectivity index is 1.99. The predicted octanol–water partition coefficient (Wildman–Crippen LogP) is 2.35. The lowest BCUT2D eigenvalue weighted by Crippen LogP contribution is -2.60. The van der Waals surface area contributed by atoms with Gasteiger partial charge in [0.25, 0.3) is 0 Å². The van der Waals surface area contributed by atoms with E-state index >= 15 is 0 Å². The molecule has 4 nitrogen and oxygen atoms in total. The maximum Gasteiger partial charge on any atom is 0.314 e. The maximum atomic E-state index is 12.0. The molecule has 0 aromatic heterocycles. The van der Waals surface area contributed by atoms with Crippen molar-refractivity contribution in [1.29, 1.82) is 0 Å². The number of hydroxylamine groups is 2. The van der Waals surface area contributed by atoms with Crippen LogP contribution in [0.1, 0.15) is 40.5 Å². The zero-order valence-corrected chi connectivity index (χ0v) is 12.0. The lowest BCUT2D eigenvalue weighted by Gasteiger charge is -2.51. The number of carbonyl (C=O) groups is 1. The van der Waals surface area contributed by atoms with E-state index in [2.05, 4.69) is 0 Å². The zero-order valence-electron chi connectivity index (χ0n) is 12.0. The molecule has 0 amide bonds. The lowest BCUT2D eigenvalue weighted by atomic mass is 9.80. The van der Waals surface area contributed by atoms with E-state index < -0.39 is 11.1 Å². The number of nitrogens with zero attached hydrogens (tertiary/aromatic N) is 1. The van der Waals surface area contributed by atoms with Gasteiger partial charge < -0.3 is 9.94 Å². The van der Waals surface area contributed by atoms with Crippen molar-refractivity contribution in [1.82, 2.24) is 5.06 Å². The van der Waals surface area contributed by atoms with Gasteiger partial charge >= 0.3 is 5.97 Å². The van der Waals surface area contributed by atoms with Gasteiger partial charge in [0, 0.05) is 23.9 Å². The van der Waals surface area contributed by atoms with Crippen molar-refractivity contribution < 1.29 is 14.7 Å². The molecule has 4 heteroatoms. The molecule has 105 valence electrons. The molecular weight excluding hydrogens is 242 g/mol. The van der Waals surface area contributed by atoms with Crippen LogP contribution in [-0.4, -0.2) is 33.4 Å². The molecule has 0 aromatic rings. The van der Waals surface area contributed by atoms with E-state index in [4.69, 9.17) is 4.74 Å². The molecule has 1 heterocycles. The molecule has 0 spiro atoms. The largest absolute Gasteiger partial charge is 0.462 e. The van der Waals surface area contributed by atoms with E-state index in [9.17, 15) is 10.0 Å². The van der Waals surface area contributed by atoms with E-state index in [-0.39, 0.29) is 12.1 Å². The first kappa shape index (κ1) is 14.8. The Morgan fingerprint density at radius 2 is 1.68 bits per heavy atom. The van der Waals surface area contributed by atoms with Gasteiger partial charge in [0.2, 0.25) is 0 Å². The van der Waals surface area contributed by atoms with Gasteiger partial charge in [-0.05, 0) is 53.4 Å². The Labute approximate surface area is 116 Å². The van der Waals surface area contributed by atoms with E-state index in [1.165, 1.54) is 5.06 Å². The predicted molar refractivity (Wildman–Crippen MR) is 71.3 cm³/mol. The van der Waals surface area contributed by atoms with Crippen molar-refractivity contribution in [3.63, 3.8) is 0 Å². The highest BCUT2D eigenvalue weighted by atomic mass is 16.5. The van der Waals surface area contributed by atoms with Gasteiger partial charge in [0.15, 0.2) is 0 Å². The molecule has 1 saturated carbocycles. The number of hydrogen-bond acceptors (Lipinski definition) is 4. The molecule has 1 aliphatic carbocycles. The average Bonchev–Trinajstić information content (AvgIpc) is 2.78. The van der Waals surface area contributed by atoms with E-state index in [0.29, 0.717) is 18.8 Å². The van der Waals surface area contributed by atoms with E-state index in [1.54, 1.807) is 12.8 Å². The molecule has 1 aliphatic heterocycles. The fourth-order valence-electron chi connectivity index (χ4n) is 2.99. The molecule has 5 radical (unpaired) electrons. The molecular formula is C15H22NO3. The topological polar surface area (TPSA) is 49.8 Å². The van der Waals surface area contributed by atoms with Crippen molar-refractivity contribution in [3.8, 4) is 0 Å². The molecule has 0 aromatic carbocycles. The number of rotatable bonds is 2. The third-order valence-corrected chi connectivity index (χ3v) is 3.77. The third kappa shape index (κ3) is 3.11. The molecule has 0 atom stereocenters. The second-order valence-electron chi connectivity index (χ2n) is 6.55. The number of carbonyl (C=O) groups excluding carboxylic acids is 1. The fourth-order valence-corrected chi connectivity index (χ4v) is 2.99. The van der Waals surface area contributed by atoms with Crippen LogP contribution in [0.5, 0.6) is 0 Å². The summed E-state index contributed by atoms with van der Waals surface area (Å²) < 4.78 is 5.58. The normalized spacial score (nSPS) is 28.5. The van der Waals surface area contributed by atoms with Crippen LogP contribution in [0, 0.1) is 31.6 Å². The summed E-state index contributed by atoms with van der Waals surface area (Å²) in [6, 6.07) is 0. The number of ether oxygens (including phenoxy) is 1. The smallest absolute Gasteiger partial charge is 0.314 e. The van der Waals surface area contributed by atoms with Crippen LogP contribution in [0.4, 0.5) is 0 Å². The highest BCUT2D eigenvalue weighted by Crippen LogP contribution is 2.38. The SMILES string of the molecule is CC1(C)CC(OC(=O)[C]2[CH][CH][CH][CH]2)CC(C)(C)N1O. The molecule has 1 saturated heterocycles. The average molecular weight is 264 g/mol. The standard InChI is InChI=1S/C15H22NO3/c1-14(2)9-12(10-15(3,4)16(14)18)19-13(17)11-7-5-6-8-11/h5-8,12,18H,9-10H2,1-4H3. The van der Waals surface area contributed by atoms with E-state index in [1.807, 2.05) is 40.5 Å². The summed E-state index contributed by atoms with van der Waals surface area (Å²) in [6.07, 6.45) is 8.22. The molecule has 19 heavy (non-hydrogen) atoms. The fraction of sp³-hybridized carbons (Fsp3) is 0.600. The Hall–Kier alpha value is -0.610. The minimum Gasteiger partial charge on any atom is -0.462 e. The van der Waals surface area contributed by atoms with Crippen molar-refractivity contribution in [2.24, 2.45) is 0 Å². The van der Waals surface area contributed by atoms with E-state index in [0.717, 1.165) is 0 Å². The summed E-state index contributed by atoms with van der Waals surface area (Å²) in [5.74, 6) is 0.301. The van der Waals surface area contributed by atoms with Crippen molar-refractivity contribution in [3.05, 3.63) is 31.6 Å². The van der Waals surface area contributed by atoms with Gasteiger partial charge in [0.05, 0.1) is 5.92 Å². The van der Waals surface area contributed by atoms with Crippen LogP contribution < -0.4 is 0 Å². The second-order valence-corrected chi connectivity index (χ2v) is 6.55. The molecule has 0 bridgehead atoms. The molecule has 0 unspecified atom stereocenters. The monoisotopic (exact) mass is 264 g/mol. The van der Waals surface area contributed by atoms with Gasteiger partial charge in [-0.2, -0.15) is 5.06 Å². The minimum atomic E-state index is -0.404. The first-order chi connectivity index (χ1) is 8.72. The molecule has 1 N–H and O–H groups in total. The summed E-state index contributed by atoms with van der Waals surface area (Å²) in [4.78, 5) is 12.0. The van der Waals surface area contributed by atoms with Gasteiger partial charge in [0.1, 0.15) is 6.10 Å². The quantitative estimate of drug-likeness (QED) is 0.778. The second kappa shape index (κ2) is 5.06. The summed E-state index contributed by atoms with van der Waals surface area (Å²) >= 11 is 0. The minimum absolute atomic E-state index is 0.171.